The Hall–Kier alpha value is -2.40. The summed E-state index contributed by atoms with van der Waals surface area (Å²) >= 11 is 0. The number of fused-ring (bicyclic) bond motifs is 1. The smallest absolute Gasteiger partial charge is 0.226 e. The first kappa shape index (κ1) is 20.5. The highest BCUT2D eigenvalue weighted by atomic mass is 19.1. The van der Waals surface area contributed by atoms with Crippen LogP contribution in [0.4, 0.5) is 4.39 Å². The molecule has 5 rings (SSSR count). The van der Waals surface area contributed by atoms with E-state index in [1.165, 1.54) is 12.8 Å². The number of halogens is 1. The lowest BCUT2D eigenvalue weighted by molar-refractivity contribution is -0.125. The number of carbonyl (C=O) groups is 1. The SMILES string of the molecule is CC1(C(=O)NCc2ccc(CN3Cc4ccc(OCC5CC5)cc4C(F)C3)cc2)CC1. The van der Waals surface area contributed by atoms with Crippen LogP contribution in [0.2, 0.25) is 0 Å². The molecule has 3 aliphatic rings. The van der Waals surface area contributed by atoms with Crippen LogP contribution in [-0.4, -0.2) is 24.0 Å². The van der Waals surface area contributed by atoms with Crippen molar-refractivity contribution in [3.63, 3.8) is 0 Å². The molecule has 2 aromatic carbocycles. The maximum Gasteiger partial charge on any atom is 0.226 e. The van der Waals surface area contributed by atoms with Gasteiger partial charge in [-0.3, -0.25) is 9.69 Å². The molecular weight excluding hydrogens is 391 g/mol. The van der Waals surface area contributed by atoms with Crippen molar-refractivity contribution in [2.75, 3.05) is 13.2 Å². The van der Waals surface area contributed by atoms with Crippen molar-refractivity contribution >= 4 is 5.91 Å². The molecule has 0 saturated heterocycles. The molecule has 4 nitrogen and oxygen atoms in total. The van der Waals surface area contributed by atoms with E-state index < -0.39 is 6.17 Å². The summed E-state index contributed by atoms with van der Waals surface area (Å²) in [6.45, 7) is 5.18. The second kappa shape index (κ2) is 8.27. The Morgan fingerprint density at radius 3 is 2.61 bits per heavy atom. The number of hydrogen-bond donors (Lipinski definition) is 1. The van der Waals surface area contributed by atoms with Crippen molar-refractivity contribution in [3.05, 3.63) is 64.7 Å². The maximum atomic E-state index is 14.9. The van der Waals surface area contributed by atoms with E-state index in [4.69, 9.17) is 4.74 Å². The van der Waals surface area contributed by atoms with Crippen LogP contribution in [0.5, 0.6) is 5.75 Å². The fourth-order valence-corrected chi connectivity index (χ4v) is 4.18. The van der Waals surface area contributed by atoms with Crippen LogP contribution in [0.1, 0.15) is 61.0 Å². The summed E-state index contributed by atoms with van der Waals surface area (Å²) in [5, 5.41) is 3.03. The largest absolute Gasteiger partial charge is 0.493 e. The van der Waals surface area contributed by atoms with Crippen LogP contribution < -0.4 is 10.1 Å². The van der Waals surface area contributed by atoms with E-state index in [0.29, 0.717) is 25.6 Å². The average molecular weight is 423 g/mol. The highest BCUT2D eigenvalue weighted by Crippen LogP contribution is 2.45. The molecule has 1 unspecified atom stereocenters. The lowest BCUT2D eigenvalue weighted by Crippen LogP contribution is -2.31. The zero-order chi connectivity index (χ0) is 21.4. The normalized spacial score (nSPS) is 21.9. The standard InChI is InChI=1S/C26H31FN2O2/c1-26(10-11-26)25(30)28-13-18-2-4-19(5-3-18)14-29-15-21-8-9-22(31-17-20-6-7-20)12-23(21)24(27)16-29/h2-5,8-9,12,20,24H,6-7,10-11,13-17H2,1H3,(H,28,30). The maximum absolute atomic E-state index is 14.9. The van der Waals surface area contributed by atoms with Gasteiger partial charge in [-0.2, -0.15) is 0 Å². The van der Waals surface area contributed by atoms with Gasteiger partial charge >= 0.3 is 0 Å². The van der Waals surface area contributed by atoms with Gasteiger partial charge < -0.3 is 10.1 Å². The molecule has 1 atom stereocenters. The van der Waals surface area contributed by atoms with Crippen molar-refractivity contribution < 1.29 is 13.9 Å². The Balaban J connectivity index is 1.16. The molecule has 1 heterocycles. The Kier molecular flexibility index (Phi) is 5.47. The molecule has 2 aromatic rings. The Bertz CT molecular complexity index is 950. The predicted molar refractivity (Wildman–Crippen MR) is 118 cm³/mol. The molecule has 0 bridgehead atoms. The first-order valence-corrected chi connectivity index (χ1v) is 11.5. The number of amides is 1. The molecule has 1 amide bonds. The molecule has 1 N–H and O–H groups in total. The van der Waals surface area contributed by atoms with Gasteiger partial charge in [0.2, 0.25) is 5.91 Å². The number of ether oxygens (including phenoxy) is 1. The van der Waals surface area contributed by atoms with E-state index in [1.807, 2.05) is 25.1 Å². The number of rotatable bonds is 8. The summed E-state index contributed by atoms with van der Waals surface area (Å²) in [5.74, 6) is 1.63. The minimum absolute atomic E-state index is 0.141. The first-order chi connectivity index (χ1) is 15.0. The Morgan fingerprint density at radius 2 is 1.90 bits per heavy atom. The van der Waals surface area contributed by atoms with Gasteiger partial charge in [0.1, 0.15) is 11.9 Å². The van der Waals surface area contributed by atoms with Crippen LogP contribution in [0.3, 0.4) is 0 Å². The number of nitrogens with zero attached hydrogens (tertiary/aromatic N) is 1. The molecule has 164 valence electrons. The summed E-state index contributed by atoms with van der Waals surface area (Å²) in [6.07, 6.45) is 3.48. The van der Waals surface area contributed by atoms with E-state index in [-0.39, 0.29) is 11.3 Å². The molecular formula is C26H31FN2O2. The zero-order valence-corrected chi connectivity index (χ0v) is 18.2. The summed E-state index contributed by atoms with van der Waals surface area (Å²) in [6, 6.07) is 14.2. The van der Waals surface area contributed by atoms with E-state index in [1.54, 1.807) is 0 Å². The minimum atomic E-state index is -0.994. The molecule has 1 aliphatic heterocycles. The van der Waals surface area contributed by atoms with Crippen LogP contribution in [0.15, 0.2) is 42.5 Å². The Morgan fingerprint density at radius 1 is 1.16 bits per heavy atom. The predicted octanol–water partition coefficient (Wildman–Crippen LogP) is 4.92. The van der Waals surface area contributed by atoms with Crippen molar-refractivity contribution in [1.82, 2.24) is 10.2 Å². The van der Waals surface area contributed by atoms with Gasteiger partial charge in [-0.15, -0.1) is 0 Å². The molecule has 0 spiro atoms. The van der Waals surface area contributed by atoms with Gasteiger partial charge in [0.15, 0.2) is 0 Å². The van der Waals surface area contributed by atoms with Crippen molar-refractivity contribution in [2.45, 2.75) is 58.4 Å². The highest BCUT2D eigenvalue weighted by Gasteiger charge is 2.44. The van der Waals surface area contributed by atoms with Gasteiger partial charge in [-0.1, -0.05) is 37.3 Å². The molecule has 2 aliphatic carbocycles. The van der Waals surface area contributed by atoms with Crippen molar-refractivity contribution in [1.29, 1.82) is 0 Å². The average Bonchev–Trinajstić information content (AvgIpc) is 3.69. The fraction of sp³-hybridized carbons (Fsp3) is 0.500. The lowest BCUT2D eigenvalue weighted by Gasteiger charge is -2.31. The quantitative estimate of drug-likeness (QED) is 0.657. The van der Waals surface area contributed by atoms with Crippen LogP contribution in [-0.2, 0) is 24.4 Å². The first-order valence-electron chi connectivity index (χ1n) is 11.5. The van der Waals surface area contributed by atoms with Gasteiger partial charge in [0.05, 0.1) is 6.61 Å². The summed E-state index contributed by atoms with van der Waals surface area (Å²) in [5.41, 5.74) is 3.93. The van der Waals surface area contributed by atoms with E-state index in [9.17, 15) is 9.18 Å². The van der Waals surface area contributed by atoms with Gasteiger partial charge in [0.25, 0.3) is 0 Å². The highest BCUT2D eigenvalue weighted by molar-refractivity contribution is 5.84. The third-order valence-electron chi connectivity index (χ3n) is 6.88. The van der Waals surface area contributed by atoms with Crippen LogP contribution in [0, 0.1) is 11.3 Å². The second-order valence-corrected chi connectivity index (χ2v) is 9.81. The molecule has 31 heavy (non-hydrogen) atoms. The molecule has 2 saturated carbocycles. The number of hydrogen-bond acceptors (Lipinski definition) is 3. The number of alkyl halides is 1. The zero-order valence-electron chi connectivity index (χ0n) is 18.2. The van der Waals surface area contributed by atoms with Crippen LogP contribution in [0.25, 0.3) is 0 Å². The second-order valence-electron chi connectivity index (χ2n) is 9.81. The van der Waals surface area contributed by atoms with Gasteiger partial charge in [-0.25, -0.2) is 4.39 Å². The van der Waals surface area contributed by atoms with E-state index >= 15 is 0 Å². The third kappa shape index (κ3) is 4.93. The summed E-state index contributed by atoms with van der Waals surface area (Å²) in [7, 11) is 0. The third-order valence-corrected chi connectivity index (χ3v) is 6.88. The minimum Gasteiger partial charge on any atom is -0.493 e. The molecule has 5 heteroatoms. The molecule has 0 aromatic heterocycles. The Labute approximate surface area is 183 Å². The number of benzene rings is 2. The van der Waals surface area contributed by atoms with Crippen molar-refractivity contribution in [2.24, 2.45) is 11.3 Å². The fourth-order valence-electron chi connectivity index (χ4n) is 4.18. The van der Waals surface area contributed by atoms with Gasteiger partial charge in [-0.05, 0) is 66.0 Å². The number of carbonyl (C=O) groups excluding carboxylic acids is 1. The van der Waals surface area contributed by atoms with E-state index in [0.717, 1.165) is 54.0 Å². The lowest BCUT2D eigenvalue weighted by atomic mass is 9.97. The topological polar surface area (TPSA) is 41.6 Å². The monoisotopic (exact) mass is 422 g/mol. The van der Waals surface area contributed by atoms with Crippen LogP contribution >= 0.6 is 0 Å². The van der Waals surface area contributed by atoms with Crippen molar-refractivity contribution in [3.8, 4) is 5.75 Å². The molecule has 2 fully saturated rings. The molecule has 0 radical (unpaired) electrons. The summed E-state index contributed by atoms with van der Waals surface area (Å²) < 4.78 is 20.8. The van der Waals surface area contributed by atoms with Gasteiger partial charge in [0, 0.05) is 31.6 Å². The summed E-state index contributed by atoms with van der Waals surface area (Å²) in [4.78, 5) is 14.2. The number of nitrogens with one attached hydrogen (secondary N) is 1. The van der Waals surface area contributed by atoms with E-state index in [2.05, 4.69) is 34.5 Å².